The summed E-state index contributed by atoms with van der Waals surface area (Å²) >= 11 is 0. The fraction of sp³-hybridized carbons (Fsp3) is 0. The van der Waals surface area contributed by atoms with Crippen LogP contribution in [0.1, 0.15) is 11.1 Å². The first-order chi connectivity index (χ1) is 24.2. The molecule has 0 saturated carbocycles. The van der Waals surface area contributed by atoms with E-state index in [1.807, 2.05) is 0 Å². The van der Waals surface area contributed by atoms with Crippen LogP contribution >= 0.6 is 0 Å². The van der Waals surface area contributed by atoms with Gasteiger partial charge in [0.1, 0.15) is 0 Å². The van der Waals surface area contributed by atoms with Crippen molar-refractivity contribution in [2.24, 2.45) is 0 Å². The first kappa shape index (κ1) is 28.8. The van der Waals surface area contributed by atoms with Gasteiger partial charge in [0, 0.05) is 17.5 Å². The summed E-state index contributed by atoms with van der Waals surface area (Å²) in [6.45, 7) is 4.74. The summed E-state index contributed by atoms with van der Waals surface area (Å²) in [7, 11) is 0. The second-order valence-electron chi connectivity index (χ2n) is 12.6. The Morgan fingerprint density at radius 1 is 0.388 bits per heavy atom. The van der Waals surface area contributed by atoms with Crippen LogP contribution in [0.5, 0.6) is 0 Å². The molecule has 1 aliphatic heterocycles. The molecule has 0 unspecified atom stereocenters. The second-order valence-corrected chi connectivity index (χ2v) is 12.6. The standard InChI is InChI=1S/C48H33N/c1-33-40(36-26-27-46-44-22-9-8-20-42(44)43-21-10-11-23-45(43)47(46)32-36)24-14-28-49(48-25-13-12-19-41(33)48)39-30-37(34-15-4-2-5-16-34)29-38(31-39)35-17-6-3-7-18-35/h2-32H,1H2/b28-14-,40-24+. The zero-order valence-corrected chi connectivity index (χ0v) is 27.1. The Bertz CT molecular complexity index is 2510. The molecule has 230 valence electrons. The molecule has 0 amide bonds. The third-order valence-corrected chi connectivity index (χ3v) is 9.78. The lowest BCUT2D eigenvalue weighted by Crippen LogP contribution is -2.12. The Kier molecular flexibility index (Phi) is 7.03. The number of rotatable bonds is 4. The lowest BCUT2D eigenvalue weighted by molar-refractivity contribution is 1.27. The maximum Gasteiger partial charge on any atom is 0.0533 e. The van der Waals surface area contributed by atoms with Crippen molar-refractivity contribution in [3.8, 4) is 22.3 Å². The van der Waals surface area contributed by atoms with Crippen LogP contribution in [0, 0.1) is 0 Å². The predicted octanol–water partition coefficient (Wildman–Crippen LogP) is 13.2. The first-order valence-corrected chi connectivity index (χ1v) is 16.8. The molecule has 1 aliphatic rings. The van der Waals surface area contributed by atoms with E-state index in [1.54, 1.807) is 0 Å². The molecule has 49 heavy (non-hydrogen) atoms. The highest BCUT2D eigenvalue weighted by Gasteiger charge is 2.20. The van der Waals surface area contributed by atoms with Gasteiger partial charge in [-0.05, 0) is 108 Å². The molecule has 8 aromatic carbocycles. The summed E-state index contributed by atoms with van der Waals surface area (Å²) < 4.78 is 0. The Morgan fingerprint density at radius 2 is 0.898 bits per heavy atom. The summed E-state index contributed by atoms with van der Waals surface area (Å²) in [6, 6.07) is 61.1. The minimum Gasteiger partial charge on any atom is -0.317 e. The minimum absolute atomic E-state index is 0.997. The molecule has 0 atom stereocenters. The number of hydrogen-bond donors (Lipinski definition) is 0. The lowest BCUT2D eigenvalue weighted by Gasteiger charge is -2.28. The van der Waals surface area contributed by atoms with E-state index in [2.05, 4.69) is 193 Å². The van der Waals surface area contributed by atoms with Crippen LogP contribution in [0.15, 0.2) is 195 Å². The molecule has 0 fully saturated rings. The van der Waals surface area contributed by atoms with Crippen LogP contribution in [0.3, 0.4) is 0 Å². The summed E-state index contributed by atoms with van der Waals surface area (Å²) in [5.74, 6) is 0. The van der Waals surface area contributed by atoms with Gasteiger partial charge in [0.2, 0.25) is 0 Å². The van der Waals surface area contributed by atoms with Gasteiger partial charge in [-0.1, -0.05) is 152 Å². The number of hydrogen-bond acceptors (Lipinski definition) is 1. The highest BCUT2D eigenvalue weighted by molar-refractivity contribution is 6.26. The van der Waals surface area contributed by atoms with Crippen LogP contribution < -0.4 is 4.90 Å². The molecule has 8 aromatic rings. The number of fused-ring (bicyclic) bond motifs is 7. The lowest BCUT2D eigenvalue weighted by atomic mass is 9.88. The topological polar surface area (TPSA) is 3.24 Å². The first-order valence-electron chi connectivity index (χ1n) is 16.8. The smallest absolute Gasteiger partial charge is 0.0533 e. The Labute approximate surface area is 287 Å². The molecule has 0 bridgehead atoms. The van der Waals surface area contributed by atoms with E-state index in [1.165, 1.54) is 54.6 Å². The van der Waals surface area contributed by atoms with Crippen LogP contribution in [0.2, 0.25) is 0 Å². The number of nitrogens with zero attached hydrogens (tertiary/aromatic N) is 1. The minimum atomic E-state index is 0.997. The molecule has 0 radical (unpaired) electrons. The Morgan fingerprint density at radius 3 is 1.51 bits per heavy atom. The molecule has 1 heteroatoms. The maximum absolute atomic E-state index is 4.74. The third-order valence-electron chi connectivity index (χ3n) is 9.78. The van der Waals surface area contributed by atoms with Crippen LogP contribution in [-0.2, 0) is 0 Å². The maximum atomic E-state index is 4.74. The van der Waals surface area contributed by atoms with E-state index in [4.69, 9.17) is 6.58 Å². The quantitative estimate of drug-likeness (QED) is 0.176. The van der Waals surface area contributed by atoms with E-state index < -0.39 is 0 Å². The average molecular weight is 624 g/mol. The van der Waals surface area contributed by atoms with Crippen molar-refractivity contribution in [3.05, 3.63) is 206 Å². The zero-order chi connectivity index (χ0) is 32.7. The van der Waals surface area contributed by atoms with Crippen molar-refractivity contribution in [2.45, 2.75) is 0 Å². The largest absolute Gasteiger partial charge is 0.317 e. The molecule has 1 nitrogen and oxygen atoms in total. The van der Waals surface area contributed by atoms with Crippen LogP contribution in [0.25, 0.3) is 65.7 Å². The van der Waals surface area contributed by atoms with Crippen molar-refractivity contribution >= 4 is 54.8 Å². The van der Waals surface area contributed by atoms with Gasteiger partial charge in [0.25, 0.3) is 0 Å². The SMILES string of the molecule is C=C1/C(c2ccc3c4ccccc4c4ccccc4c3c2)=C\C=C/N(c2cc(-c3ccccc3)cc(-c3ccccc3)c2)c2ccccc21. The highest BCUT2D eigenvalue weighted by atomic mass is 15.1. The van der Waals surface area contributed by atoms with E-state index in [0.29, 0.717) is 0 Å². The number of para-hydroxylation sites is 1. The van der Waals surface area contributed by atoms with E-state index >= 15 is 0 Å². The van der Waals surface area contributed by atoms with Crippen molar-refractivity contribution < 1.29 is 0 Å². The number of anilines is 2. The molecule has 0 saturated heterocycles. The Hall–Kier alpha value is -6.44. The van der Waals surface area contributed by atoms with E-state index in [9.17, 15) is 0 Å². The van der Waals surface area contributed by atoms with Crippen molar-refractivity contribution in [2.75, 3.05) is 4.90 Å². The fourth-order valence-electron chi connectivity index (χ4n) is 7.41. The monoisotopic (exact) mass is 623 g/mol. The van der Waals surface area contributed by atoms with Gasteiger partial charge < -0.3 is 4.90 Å². The molecule has 9 rings (SSSR count). The van der Waals surface area contributed by atoms with E-state index in [-0.39, 0.29) is 0 Å². The van der Waals surface area contributed by atoms with Crippen molar-refractivity contribution in [1.82, 2.24) is 0 Å². The van der Waals surface area contributed by atoms with Crippen LogP contribution in [0.4, 0.5) is 11.4 Å². The summed E-state index contributed by atoms with van der Waals surface area (Å²) in [5, 5.41) is 7.64. The van der Waals surface area contributed by atoms with Gasteiger partial charge in [0.05, 0.1) is 5.69 Å². The fourth-order valence-corrected chi connectivity index (χ4v) is 7.41. The molecular formula is C48H33N. The summed E-state index contributed by atoms with van der Waals surface area (Å²) in [6.07, 6.45) is 6.57. The second kappa shape index (κ2) is 12.0. The highest BCUT2D eigenvalue weighted by Crippen LogP contribution is 2.43. The molecule has 0 aromatic heterocycles. The normalized spacial score (nSPS) is 14.7. The molecule has 0 aliphatic carbocycles. The number of allylic oxidation sites excluding steroid dienone is 4. The average Bonchev–Trinajstić information content (AvgIpc) is 3.17. The molecule has 1 heterocycles. The van der Waals surface area contributed by atoms with Gasteiger partial charge >= 0.3 is 0 Å². The molecular weight excluding hydrogens is 591 g/mol. The summed E-state index contributed by atoms with van der Waals surface area (Å²) in [4.78, 5) is 2.30. The Balaban J connectivity index is 1.21. The van der Waals surface area contributed by atoms with Gasteiger partial charge in [-0.2, -0.15) is 0 Å². The van der Waals surface area contributed by atoms with Gasteiger partial charge in [-0.3, -0.25) is 0 Å². The number of benzene rings is 8. The van der Waals surface area contributed by atoms with E-state index in [0.717, 1.165) is 33.6 Å². The van der Waals surface area contributed by atoms with Crippen molar-refractivity contribution in [3.63, 3.8) is 0 Å². The van der Waals surface area contributed by atoms with Gasteiger partial charge in [0.15, 0.2) is 0 Å². The molecule has 0 N–H and O–H groups in total. The van der Waals surface area contributed by atoms with Crippen LogP contribution in [-0.4, -0.2) is 0 Å². The van der Waals surface area contributed by atoms with Gasteiger partial charge in [-0.25, -0.2) is 0 Å². The van der Waals surface area contributed by atoms with Crippen molar-refractivity contribution in [1.29, 1.82) is 0 Å². The predicted molar refractivity (Wildman–Crippen MR) is 211 cm³/mol. The zero-order valence-electron chi connectivity index (χ0n) is 27.1. The third kappa shape index (κ3) is 5.04. The summed E-state index contributed by atoms with van der Waals surface area (Å²) in [5.41, 5.74) is 11.3. The molecule has 0 spiro atoms. The van der Waals surface area contributed by atoms with Gasteiger partial charge in [-0.15, -0.1) is 0 Å².